The third-order valence-corrected chi connectivity index (χ3v) is 7.36. The van der Waals surface area contributed by atoms with E-state index in [2.05, 4.69) is 27.0 Å². The summed E-state index contributed by atoms with van der Waals surface area (Å²) >= 11 is 13.2. The maximum absolute atomic E-state index is 13.2. The van der Waals surface area contributed by atoms with Crippen LogP contribution in [0.1, 0.15) is 22.4 Å². The predicted molar refractivity (Wildman–Crippen MR) is 153 cm³/mol. The number of aromatic amines is 2. The molecule has 0 saturated heterocycles. The van der Waals surface area contributed by atoms with Gasteiger partial charge >= 0.3 is 5.69 Å². The third kappa shape index (κ3) is 4.58. The first-order chi connectivity index (χ1) is 18.5. The van der Waals surface area contributed by atoms with Crippen molar-refractivity contribution >= 4 is 45.9 Å². The predicted octanol–water partition coefficient (Wildman–Crippen LogP) is 6.14. The van der Waals surface area contributed by atoms with Crippen molar-refractivity contribution in [2.24, 2.45) is 0 Å². The van der Waals surface area contributed by atoms with E-state index in [0.717, 1.165) is 16.7 Å². The van der Waals surface area contributed by atoms with Gasteiger partial charge in [-0.1, -0.05) is 89.9 Å². The van der Waals surface area contributed by atoms with Gasteiger partial charge in [0.25, 0.3) is 5.56 Å². The molecule has 6 nitrogen and oxygen atoms in total. The summed E-state index contributed by atoms with van der Waals surface area (Å²) in [6, 6.07) is 25.2. The molecular formula is C30H22Cl2N4O2. The van der Waals surface area contributed by atoms with E-state index in [0.29, 0.717) is 51.9 Å². The fourth-order valence-electron chi connectivity index (χ4n) is 5.06. The Morgan fingerprint density at radius 3 is 2.32 bits per heavy atom. The molecule has 188 valence electrons. The molecule has 0 radical (unpaired) electrons. The van der Waals surface area contributed by atoms with Crippen LogP contribution in [0.4, 0.5) is 0 Å². The Labute approximate surface area is 228 Å². The fourth-order valence-corrected chi connectivity index (χ4v) is 5.48. The van der Waals surface area contributed by atoms with Gasteiger partial charge in [0.2, 0.25) is 0 Å². The molecule has 6 rings (SSSR count). The topological polar surface area (TPSA) is 81.8 Å². The minimum atomic E-state index is -0.613. The van der Waals surface area contributed by atoms with Gasteiger partial charge in [-0.25, -0.2) is 9.78 Å². The highest BCUT2D eigenvalue weighted by molar-refractivity contribution is 6.34. The largest absolute Gasteiger partial charge is 0.327 e. The van der Waals surface area contributed by atoms with Gasteiger partial charge in [0.15, 0.2) is 0 Å². The van der Waals surface area contributed by atoms with Crippen molar-refractivity contribution in [2.45, 2.75) is 13.1 Å². The summed E-state index contributed by atoms with van der Waals surface area (Å²) in [5.41, 5.74) is 4.98. The van der Waals surface area contributed by atoms with Crippen LogP contribution >= 0.6 is 23.2 Å². The zero-order chi connectivity index (χ0) is 26.2. The Kier molecular flexibility index (Phi) is 6.45. The lowest BCUT2D eigenvalue weighted by Gasteiger charge is -2.32. The summed E-state index contributed by atoms with van der Waals surface area (Å²) in [6.07, 6.45) is 2.03. The van der Waals surface area contributed by atoms with Crippen molar-refractivity contribution in [1.82, 2.24) is 19.9 Å². The second kappa shape index (κ2) is 10.1. The molecule has 1 aliphatic rings. The van der Waals surface area contributed by atoms with Crippen molar-refractivity contribution in [3.8, 4) is 11.1 Å². The number of fused-ring (bicyclic) bond motifs is 2. The number of benzene rings is 3. The highest BCUT2D eigenvalue weighted by Gasteiger charge is 2.29. The summed E-state index contributed by atoms with van der Waals surface area (Å²) in [6.45, 7) is 1.83. The fraction of sp³-hybridized carbons (Fsp3) is 0.100. The van der Waals surface area contributed by atoms with Gasteiger partial charge in [0.1, 0.15) is 5.65 Å². The molecule has 0 unspecified atom stereocenters. The van der Waals surface area contributed by atoms with E-state index >= 15 is 0 Å². The minimum Gasteiger partial charge on any atom is -0.291 e. The highest BCUT2D eigenvalue weighted by Crippen LogP contribution is 2.40. The van der Waals surface area contributed by atoms with Crippen LogP contribution < -0.4 is 11.2 Å². The van der Waals surface area contributed by atoms with Crippen molar-refractivity contribution in [3.63, 3.8) is 0 Å². The van der Waals surface area contributed by atoms with Gasteiger partial charge < -0.3 is 0 Å². The molecule has 3 heterocycles. The minimum absolute atomic E-state index is 0.217. The molecule has 38 heavy (non-hydrogen) atoms. The van der Waals surface area contributed by atoms with Crippen LogP contribution in [0.5, 0.6) is 0 Å². The lowest BCUT2D eigenvalue weighted by atomic mass is 9.89. The van der Waals surface area contributed by atoms with Crippen molar-refractivity contribution in [3.05, 3.63) is 132 Å². The lowest BCUT2D eigenvalue weighted by Crippen LogP contribution is -2.32. The zero-order valence-electron chi connectivity index (χ0n) is 20.2. The molecule has 3 aromatic carbocycles. The Balaban J connectivity index is 1.66. The number of hydrogen-bond donors (Lipinski definition) is 2. The van der Waals surface area contributed by atoms with Gasteiger partial charge in [0, 0.05) is 46.4 Å². The van der Waals surface area contributed by atoms with E-state index in [1.54, 1.807) is 6.07 Å². The van der Waals surface area contributed by atoms with E-state index in [1.165, 1.54) is 5.56 Å². The number of H-pyrrole nitrogens is 2. The Morgan fingerprint density at radius 1 is 0.842 bits per heavy atom. The van der Waals surface area contributed by atoms with E-state index in [9.17, 15) is 9.59 Å². The first-order valence-corrected chi connectivity index (χ1v) is 12.9. The molecule has 1 aliphatic heterocycles. The van der Waals surface area contributed by atoms with Gasteiger partial charge in [-0.05, 0) is 34.9 Å². The number of aromatic nitrogens is 3. The summed E-state index contributed by atoms with van der Waals surface area (Å²) in [4.78, 5) is 37.7. The van der Waals surface area contributed by atoms with Crippen molar-refractivity contribution in [1.29, 1.82) is 0 Å². The summed E-state index contributed by atoms with van der Waals surface area (Å²) in [5.74, 6) is 0. The molecule has 0 amide bonds. The van der Waals surface area contributed by atoms with Crippen LogP contribution in [-0.4, -0.2) is 26.4 Å². The SMILES string of the molecule is O=c1[nH]c(=O)c2c(-c3ccccc3Cl)c3c(nc2[nH]1)/C(=C/c1ccccc1Cl)CN(Cc1ccccc1)C3. The average Bonchev–Trinajstić information content (AvgIpc) is 2.90. The highest BCUT2D eigenvalue weighted by atomic mass is 35.5. The second-order valence-electron chi connectivity index (χ2n) is 9.25. The van der Waals surface area contributed by atoms with E-state index in [-0.39, 0.29) is 5.65 Å². The van der Waals surface area contributed by atoms with Crippen LogP contribution in [0.15, 0.2) is 88.5 Å². The normalized spacial score (nSPS) is 14.6. The quantitative estimate of drug-likeness (QED) is 0.286. The third-order valence-electron chi connectivity index (χ3n) is 6.69. The number of nitrogens with one attached hydrogen (secondary N) is 2. The van der Waals surface area contributed by atoms with Crippen molar-refractivity contribution in [2.75, 3.05) is 6.54 Å². The molecule has 5 aromatic rings. The Bertz CT molecular complexity index is 1830. The Hall–Kier alpha value is -3.97. The lowest BCUT2D eigenvalue weighted by molar-refractivity contribution is 0.283. The van der Waals surface area contributed by atoms with E-state index in [1.807, 2.05) is 66.7 Å². The molecule has 2 N–H and O–H groups in total. The maximum atomic E-state index is 13.2. The van der Waals surface area contributed by atoms with Gasteiger partial charge in [-0.15, -0.1) is 0 Å². The first kappa shape index (κ1) is 24.4. The maximum Gasteiger partial charge on any atom is 0.327 e. The molecule has 0 aliphatic carbocycles. The molecule has 0 fully saturated rings. The Morgan fingerprint density at radius 2 is 1.55 bits per heavy atom. The molecule has 0 atom stereocenters. The zero-order valence-corrected chi connectivity index (χ0v) is 21.7. The number of rotatable bonds is 4. The number of pyridine rings is 1. The summed E-state index contributed by atoms with van der Waals surface area (Å²) in [5, 5.41) is 1.43. The van der Waals surface area contributed by atoms with Crippen LogP contribution in [0, 0.1) is 0 Å². The van der Waals surface area contributed by atoms with Crippen LogP contribution in [0.2, 0.25) is 10.0 Å². The standard InChI is InChI=1S/C30H22Cl2N4O2/c31-23-12-6-4-10-19(23)14-20-16-36(15-18-8-2-1-3-9-18)17-22-25(21-11-5-7-13-24(21)32)26-28(33-27(20)22)34-30(38)35-29(26)37/h1-14H,15-17H2,(H2,33,34,35,37,38)/b20-14+. The van der Waals surface area contributed by atoms with Gasteiger partial charge in [-0.3, -0.25) is 19.7 Å². The van der Waals surface area contributed by atoms with E-state index < -0.39 is 11.2 Å². The first-order valence-electron chi connectivity index (χ1n) is 12.1. The second-order valence-corrected chi connectivity index (χ2v) is 10.1. The number of hydrogen-bond acceptors (Lipinski definition) is 4. The van der Waals surface area contributed by atoms with Gasteiger partial charge in [0.05, 0.1) is 11.1 Å². The van der Waals surface area contributed by atoms with Crippen LogP contribution in [-0.2, 0) is 13.1 Å². The van der Waals surface area contributed by atoms with Crippen LogP contribution in [0.25, 0.3) is 33.8 Å². The van der Waals surface area contributed by atoms with Gasteiger partial charge in [-0.2, -0.15) is 0 Å². The summed E-state index contributed by atoms with van der Waals surface area (Å²) < 4.78 is 0. The number of nitrogens with zero attached hydrogens (tertiary/aromatic N) is 2. The molecule has 0 bridgehead atoms. The van der Waals surface area contributed by atoms with Crippen LogP contribution in [0.3, 0.4) is 0 Å². The molecule has 0 saturated carbocycles. The molecule has 2 aromatic heterocycles. The number of halogens is 2. The molecular weight excluding hydrogens is 519 g/mol. The monoisotopic (exact) mass is 540 g/mol. The van der Waals surface area contributed by atoms with E-state index in [4.69, 9.17) is 28.2 Å². The molecule has 0 spiro atoms. The van der Waals surface area contributed by atoms with Crippen molar-refractivity contribution < 1.29 is 0 Å². The molecule has 8 heteroatoms. The smallest absolute Gasteiger partial charge is 0.291 e. The summed E-state index contributed by atoms with van der Waals surface area (Å²) in [7, 11) is 0. The average molecular weight is 541 g/mol.